The third kappa shape index (κ3) is 4.51. The minimum Gasteiger partial charge on any atom is -0.410 e. The van der Waals surface area contributed by atoms with E-state index in [1.165, 1.54) is 10.4 Å². The highest BCUT2D eigenvalue weighted by molar-refractivity contribution is 7.99. The number of rotatable bonds is 6. The number of thiophene rings is 1. The first kappa shape index (κ1) is 20.4. The van der Waals surface area contributed by atoms with E-state index in [9.17, 15) is 13.2 Å². The van der Waals surface area contributed by atoms with Crippen molar-refractivity contribution < 1.29 is 17.6 Å². The van der Waals surface area contributed by atoms with Crippen molar-refractivity contribution in [3.8, 4) is 11.6 Å². The summed E-state index contributed by atoms with van der Waals surface area (Å²) in [6, 6.07) is 6.70. The molecule has 154 valence electrons. The molecular weight excluding hydrogens is 458 g/mol. The Bertz CT molecular complexity index is 1090. The van der Waals surface area contributed by atoms with Crippen LogP contribution in [-0.2, 0) is 14.8 Å². The molecule has 4 heterocycles. The zero-order valence-corrected chi connectivity index (χ0v) is 18.2. The van der Waals surface area contributed by atoms with E-state index in [-0.39, 0.29) is 29.0 Å². The molecule has 0 spiro atoms. The molecule has 1 fully saturated rings. The minimum atomic E-state index is -3.58. The van der Waals surface area contributed by atoms with Gasteiger partial charge in [-0.15, -0.1) is 21.5 Å². The van der Waals surface area contributed by atoms with Gasteiger partial charge in [0.05, 0.1) is 10.1 Å². The van der Waals surface area contributed by atoms with Crippen molar-refractivity contribution in [2.45, 2.75) is 9.43 Å². The molecule has 3 aromatic rings. The van der Waals surface area contributed by atoms with Crippen LogP contribution < -0.4 is 0 Å². The first-order chi connectivity index (χ1) is 13.9. The number of amides is 1. The van der Waals surface area contributed by atoms with Crippen molar-refractivity contribution in [1.29, 1.82) is 0 Å². The van der Waals surface area contributed by atoms with Gasteiger partial charge >= 0.3 is 0 Å². The highest BCUT2D eigenvalue weighted by Crippen LogP contribution is 2.29. The molecule has 0 aliphatic carbocycles. The average molecular weight is 474 g/mol. The van der Waals surface area contributed by atoms with Gasteiger partial charge in [-0.05, 0) is 24.3 Å². The molecular formula is C16H16ClN5O4S3. The summed E-state index contributed by atoms with van der Waals surface area (Å²) in [4.78, 5) is 17.1. The summed E-state index contributed by atoms with van der Waals surface area (Å²) in [5.41, 5.74) is 0.708. The zero-order chi connectivity index (χ0) is 20.4. The zero-order valence-electron chi connectivity index (χ0n) is 14.9. The first-order valence-electron chi connectivity index (χ1n) is 8.57. The Balaban J connectivity index is 1.29. The molecule has 3 aromatic heterocycles. The molecule has 13 heteroatoms. The van der Waals surface area contributed by atoms with Crippen molar-refractivity contribution in [1.82, 2.24) is 24.4 Å². The second-order valence-corrected chi connectivity index (χ2v) is 10.9. The fourth-order valence-electron chi connectivity index (χ4n) is 2.80. The molecule has 0 atom stereocenters. The molecule has 0 saturated carbocycles. The topological polar surface area (TPSA) is 112 Å². The van der Waals surface area contributed by atoms with Gasteiger partial charge in [-0.25, -0.2) is 8.42 Å². The van der Waals surface area contributed by atoms with Crippen LogP contribution in [0.2, 0.25) is 4.34 Å². The number of piperazine rings is 1. The van der Waals surface area contributed by atoms with Gasteiger partial charge in [0.25, 0.3) is 21.1 Å². The van der Waals surface area contributed by atoms with Gasteiger partial charge in [-0.2, -0.15) is 4.31 Å². The van der Waals surface area contributed by atoms with E-state index in [4.69, 9.17) is 16.0 Å². The molecule has 0 radical (unpaired) electrons. The van der Waals surface area contributed by atoms with Crippen molar-refractivity contribution >= 4 is 50.6 Å². The van der Waals surface area contributed by atoms with E-state index >= 15 is 0 Å². The molecule has 29 heavy (non-hydrogen) atoms. The number of nitrogens with one attached hydrogen (secondary N) is 1. The van der Waals surface area contributed by atoms with Gasteiger partial charge in [0, 0.05) is 32.4 Å². The lowest BCUT2D eigenvalue weighted by Crippen LogP contribution is -2.50. The quantitative estimate of drug-likeness (QED) is 0.547. The number of sulfonamides is 1. The van der Waals surface area contributed by atoms with Gasteiger partial charge in [0.2, 0.25) is 5.91 Å². The Hall–Kier alpha value is -1.86. The molecule has 9 nitrogen and oxygen atoms in total. The Morgan fingerprint density at radius 2 is 2.03 bits per heavy atom. The number of nitrogens with zero attached hydrogens (tertiary/aromatic N) is 4. The minimum absolute atomic E-state index is 0.106. The molecule has 1 aliphatic rings. The van der Waals surface area contributed by atoms with Gasteiger partial charge in [-0.3, -0.25) is 4.79 Å². The third-order valence-corrected chi connectivity index (χ3v) is 8.69. The smallest absolute Gasteiger partial charge is 0.277 e. The van der Waals surface area contributed by atoms with Gasteiger partial charge in [-0.1, -0.05) is 23.4 Å². The Labute approximate surface area is 180 Å². The van der Waals surface area contributed by atoms with Crippen LogP contribution in [-0.4, -0.2) is 70.6 Å². The Morgan fingerprint density at radius 3 is 2.69 bits per heavy atom. The van der Waals surface area contributed by atoms with Crippen LogP contribution >= 0.6 is 34.7 Å². The number of aromatic nitrogens is 3. The second-order valence-electron chi connectivity index (χ2n) is 6.09. The summed E-state index contributed by atoms with van der Waals surface area (Å²) < 4.78 is 32.8. The summed E-state index contributed by atoms with van der Waals surface area (Å²) in [5, 5.41) is 8.17. The number of carbonyl (C=O) groups excluding carboxylic acids is 1. The number of carbonyl (C=O) groups is 1. The maximum atomic E-state index is 12.6. The van der Waals surface area contributed by atoms with Crippen LogP contribution in [0.3, 0.4) is 0 Å². The lowest BCUT2D eigenvalue weighted by Gasteiger charge is -2.33. The predicted octanol–water partition coefficient (Wildman–Crippen LogP) is 2.40. The summed E-state index contributed by atoms with van der Waals surface area (Å²) in [6.07, 6.45) is 1.75. The second kappa shape index (κ2) is 8.48. The maximum Gasteiger partial charge on any atom is 0.277 e. The summed E-state index contributed by atoms with van der Waals surface area (Å²) in [5.74, 6) is 0.392. The van der Waals surface area contributed by atoms with Crippen LogP contribution in [0.5, 0.6) is 0 Å². The normalized spacial score (nSPS) is 15.7. The molecule has 4 rings (SSSR count). The fourth-order valence-corrected chi connectivity index (χ4v) is 6.52. The number of hydrogen-bond donors (Lipinski definition) is 1. The van der Waals surface area contributed by atoms with Crippen LogP contribution in [0.15, 0.2) is 44.3 Å². The van der Waals surface area contributed by atoms with E-state index in [1.54, 1.807) is 17.2 Å². The van der Waals surface area contributed by atoms with Crippen LogP contribution in [0.1, 0.15) is 0 Å². The summed E-state index contributed by atoms with van der Waals surface area (Å²) >= 11 is 8.03. The van der Waals surface area contributed by atoms with Crippen molar-refractivity contribution in [2.75, 3.05) is 31.9 Å². The number of thioether (sulfide) groups is 1. The van der Waals surface area contributed by atoms with Crippen LogP contribution in [0.25, 0.3) is 11.6 Å². The summed E-state index contributed by atoms with van der Waals surface area (Å²) in [7, 11) is -3.58. The van der Waals surface area contributed by atoms with E-state index < -0.39 is 10.0 Å². The van der Waals surface area contributed by atoms with E-state index in [0.717, 1.165) is 23.1 Å². The molecule has 0 bridgehead atoms. The monoisotopic (exact) mass is 473 g/mol. The fraction of sp³-hybridized carbons (Fsp3) is 0.312. The Kier molecular flexibility index (Phi) is 5.97. The van der Waals surface area contributed by atoms with E-state index in [1.807, 2.05) is 12.1 Å². The third-order valence-electron chi connectivity index (χ3n) is 4.29. The standard InChI is InChI=1S/C16H16ClN5O4S3/c17-12-3-4-14(28-12)29(24,25)22-8-6-21(7-9-22)13(23)10-27-16-20-19-15(26-16)11-2-1-5-18-11/h1-5,18H,6-10H2. The van der Waals surface area contributed by atoms with Crippen molar-refractivity contribution in [3.05, 3.63) is 34.8 Å². The number of H-pyrrole nitrogens is 1. The maximum absolute atomic E-state index is 12.6. The molecule has 1 amide bonds. The van der Waals surface area contributed by atoms with Crippen molar-refractivity contribution in [2.24, 2.45) is 0 Å². The molecule has 1 saturated heterocycles. The highest BCUT2D eigenvalue weighted by atomic mass is 35.5. The van der Waals surface area contributed by atoms with Gasteiger partial charge in [0.15, 0.2) is 0 Å². The number of hydrogen-bond acceptors (Lipinski definition) is 8. The molecule has 0 aromatic carbocycles. The van der Waals surface area contributed by atoms with Gasteiger partial charge in [0.1, 0.15) is 9.90 Å². The summed E-state index contributed by atoms with van der Waals surface area (Å²) in [6.45, 7) is 1.14. The average Bonchev–Trinajstić information content (AvgIpc) is 3.47. The lowest BCUT2D eigenvalue weighted by atomic mass is 10.3. The molecule has 0 unspecified atom stereocenters. The Morgan fingerprint density at radius 1 is 1.24 bits per heavy atom. The molecule has 1 aliphatic heterocycles. The van der Waals surface area contributed by atoms with Gasteiger partial charge < -0.3 is 14.3 Å². The van der Waals surface area contributed by atoms with E-state index in [2.05, 4.69) is 15.2 Å². The lowest BCUT2D eigenvalue weighted by molar-refractivity contribution is -0.129. The molecule has 1 N–H and O–H groups in total. The highest BCUT2D eigenvalue weighted by Gasteiger charge is 2.31. The first-order valence-corrected chi connectivity index (χ1v) is 12.2. The largest absolute Gasteiger partial charge is 0.410 e. The van der Waals surface area contributed by atoms with Crippen LogP contribution in [0, 0.1) is 0 Å². The predicted molar refractivity (Wildman–Crippen MR) is 109 cm³/mol. The number of halogens is 1. The SMILES string of the molecule is O=C(CSc1nnc(-c2ccc[nH]2)o1)N1CCN(S(=O)(=O)c2ccc(Cl)s2)CC1. The van der Waals surface area contributed by atoms with Crippen LogP contribution in [0.4, 0.5) is 0 Å². The number of aromatic amines is 1. The van der Waals surface area contributed by atoms with Crippen molar-refractivity contribution in [3.63, 3.8) is 0 Å². The van der Waals surface area contributed by atoms with E-state index in [0.29, 0.717) is 34.2 Å².